The lowest BCUT2D eigenvalue weighted by atomic mass is 9.96. The second-order valence-electron chi connectivity index (χ2n) is 8.67. The summed E-state index contributed by atoms with van der Waals surface area (Å²) in [6, 6.07) is 18.7. The molecule has 3 heterocycles. The van der Waals surface area contributed by atoms with E-state index in [1.165, 1.54) is 6.08 Å². The number of amides is 1. The van der Waals surface area contributed by atoms with Crippen molar-refractivity contribution in [1.29, 1.82) is 0 Å². The van der Waals surface area contributed by atoms with Crippen molar-refractivity contribution in [3.8, 4) is 17.2 Å². The number of aromatic nitrogens is 3. The Bertz CT molecular complexity index is 1420. The molecule has 8 nitrogen and oxygen atoms in total. The molecule has 0 bridgehead atoms. The summed E-state index contributed by atoms with van der Waals surface area (Å²) in [5.74, 6) is 1.94. The first-order valence-corrected chi connectivity index (χ1v) is 11.7. The average Bonchev–Trinajstić information content (AvgIpc) is 3.17. The van der Waals surface area contributed by atoms with Gasteiger partial charge < -0.3 is 15.4 Å². The van der Waals surface area contributed by atoms with Crippen LogP contribution in [0.2, 0.25) is 0 Å². The molecule has 0 unspecified atom stereocenters. The number of imidazole rings is 1. The first-order valence-electron chi connectivity index (χ1n) is 11.7. The maximum Gasteiger partial charge on any atom is 0.333 e. The minimum absolute atomic E-state index is 0.0456. The third-order valence-electron chi connectivity index (χ3n) is 6.48. The maximum absolute atomic E-state index is 13.6. The predicted molar refractivity (Wildman–Crippen MR) is 136 cm³/mol. The lowest BCUT2D eigenvalue weighted by molar-refractivity contribution is -0.127. The van der Waals surface area contributed by atoms with Crippen molar-refractivity contribution in [1.82, 2.24) is 19.0 Å². The minimum atomic E-state index is -0.166. The van der Waals surface area contributed by atoms with E-state index in [2.05, 4.69) is 11.6 Å². The van der Waals surface area contributed by atoms with Crippen LogP contribution in [0.1, 0.15) is 12.8 Å². The second-order valence-corrected chi connectivity index (χ2v) is 8.67. The molecule has 0 spiro atoms. The Labute approximate surface area is 202 Å². The summed E-state index contributed by atoms with van der Waals surface area (Å²) < 4.78 is 9.27. The summed E-state index contributed by atoms with van der Waals surface area (Å²) in [7, 11) is 0. The molecule has 8 heteroatoms. The number of para-hydroxylation sites is 1. The van der Waals surface area contributed by atoms with Crippen molar-refractivity contribution < 1.29 is 9.53 Å². The highest BCUT2D eigenvalue weighted by Gasteiger charge is 2.25. The molecule has 178 valence electrons. The minimum Gasteiger partial charge on any atom is -0.457 e. The van der Waals surface area contributed by atoms with Crippen LogP contribution in [0.3, 0.4) is 0 Å². The monoisotopic (exact) mass is 469 g/mol. The van der Waals surface area contributed by atoms with Crippen molar-refractivity contribution in [3.05, 3.63) is 90.0 Å². The van der Waals surface area contributed by atoms with Crippen LogP contribution in [0.25, 0.3) is 16.7 Å². The molecule has 1 amide bonds. The van der Waals surface area contributed by atoms with Crippen molar-refractivity contribution in [2.75, 3.05) is 18.8 Å². The number of rotatable bonds is 6. The topological polar surface area (TPSA) is 95.4 Å². The quantitative estimate of drug-likeness (QED) is 0.431. The number of ether oxygens (including phenoxy) is 1. The Balaban J connectivity index is 1.45. The number of nitrogen functional groups attached to an aromatic ring is 1. The van der Waals surface area contributed by atoms with Crippen LogP contribution in [0.5, 0.6) is 11.5 Å². The molecule has 4 aromatic rings. The van der Waals surface area contributed by atoms with Gasteiger partial charge in [0, 0.05) is 25.8 Å². The van der Waals surface area contributed by atoms with E-state index in [-0.39, 0.29) is 17.5 Å². The van der Waals surface area contributed by atoms with Gasteiger partial charge >= 0.3 is 5.69 Å². The molecule has 1 aliphatic heterocycles. The zero-order valence-corrected chi connectivity index (χ0v) is 19.3. The van der Waals surface area contributed by atoms with Gasteiger partial charge in [-0.3, -0.25) is 13.9 Å². The molecule has 1 fully saturated rings. The Hall–Kier alpha value is -4.33. The van der Waals surface area contributed by atoms with Gasteiger partial charge in [0.25, 0.3) is 0 Å². The zero-order valence-electron chi connectivity index (χ0n) is 19.3. The van der Waals surface area contributed by atoms with Gasteiger partial charge in [0.05, 0.1) is 11.2 Å². The number of hydrogen-bond donors (Lipinski definition) is 1. The van der Waals surface area contributed by atoms with Gasteiger partial charge in [0.2, 0.25) is 5.91 Å². The molecular formula is C27H27N5O3. The SMILES string of the molecule is C=CC(=O)N1CCC(Cn2c(=O)n(-c3ccc(Oc4ccccc4)cc3)c3c(N)nccc32)CC1. The Morgan fingerprint density at radius 1 is 1.06 bits per heavy atom. The molecule has 1 saturated heterocycles. The number of pyridine rings is 1. The van der Waals surface area contributed by atoms with Crippen molar-refractivity contribution in [3.63, 3.8) is 0 Å². The second kappa shape index (κ2) is 9.50. The van der Waals surface area contributed by atoms with E-state index in [0.29, 0.717) is 42.4 Å². The normalized spacial score (nSPS) is 14.2. The summed E-state index contributed by atoms with van der Waals surface area (Å²) >= 11 is 0. The number of carbonyl (C=O) groups is 1. The van der Waals surface area contributed by atoms with E-state index in [4.69, 9.17) is 10.5 Å². The summed E-state index contributed by atoms with van der Waals surface area (Å²) in [6.45, 7) is 5.45. The van der Waals surface area contributed by atoms with E-state index in [0.717, 1.165) is 24.1 Å². The van der Waals surface area contributed by atoms with Gasteiger partial charge in [-0.1, -0.05) is 24.8 Å². The van der Waals surface area contributed by atoms with E-state index >= 15 is 0 Å². The van der Waals surface area contributed by atoms with Gasteiger partial charge in [-0.25, -0.2) is 9.78 Å². The third kappa shape index (κ3) is 4.42. The summed E-state index contributed by atoms with van der Waals surface area (Å²) in [5, 5.41) is 0. The fraction of sp³-hybridized carbons (Fsp3) is 0.222. The van der Waals surface area contributed by atoms with Crippen LogP contribution in [0.15, 0.2) is 84.3 Å². The Morgan fingerprint density at radius 3 is 2.43 bits per heavy atom. The van der Waals surface area contributed by atoms with E-state index in [1.807, 2.05) is 60.7 Å². The van der Waals surface area contributed by atoms with Gasteiger partial charge in [-0.15, -0.1) is 0 Å². The molecule has 35 heavy (non-hydrogen) atoms. The molecule has 0 saturated carbocycles. The summed E-state index contributed by atoms with van der Waals surface area (Å²) in [4.78, 5) is 31.6. The first kappa shape index (κ1) is 22.5. The highest BCUT2D eigenvalue weighted by Crippen LogP contribution is 2.27. The molecule has 2 N–H and O–H groups in total. The average molecular weight is 470 g/mol. The number of likely N-dealkylation sites (tertiary alicyclic amines) is 1. The first-order chi connectivity index (χ1) is 17.0. The highest BCUT2D eigenvalue weighted by molar-refractivity contribution is 5.87. The highest BCUT2D eigenvalue weighted by atomic mass is 16.5. The van der Waals surface area contributed by atoms with Crippen molar-refractivity contribution >= 4 is 22.8 Å². The lowest BCUT2D eigenvalue weighted by Gasteiger charge is -2.31. The Morgan fingerprint density at radius 2 is 1.74 bits per heavy atom. The molecule has 0 aliphatic carbocycles. The van der Waals surface area contributed by atoms with E-state index in [1.54, 1.807) is 20.2 Å². The number of carbonyl (C=O) groups excluding carboxylic acids is 1. The number of fused-ring (bicyclic) bond motifs is 1. The molecular weight excluding hydrogens is 442 g/mol. The van der Waals surface area contributed by atoms with Crippen LogP contribution in [-0.4, -0.2) is 38.0 Å². The van der Waals surface area contributed by atoms with E-state index in [9.17, 15) is 9.59 Å². The summed E-state index contributed by atoms with van der Waals surface area (Å²) in [5.41, 5.74) is 8.10. The number of anilines is 1. The van der Waals surface area contributed by atoms with Crippen LogP contribution in [-0.2, 0) is 11.3 Å². The van der Waals surface area contributed by atoms with Gasteiger partial charge in [0.1, 0.15) is 22.8 Å². The van der Waals surface area contributed by atoms with Crippen molar-refractivity contribution in [2.45, 2.75) is 19.4 Å². The van der Waals surface area contributed by atoms with Crippen LogP contribution < -0.4 is 16.2 Å². The third-order valence-corrected chi connectivity index (χ3v) is 6.48. The van der Waals surface area contributed by atoms with Crippen molar-refractivity contribution in [2.24, 2.45) is 5.92 Å². The standard InChI is InChI=1S/C27H27N5O3/c1-2-24(33)30-16-13-19(14-17-30)18-31-23-12-15-29-26(28)25(23)32(27(31)34)20-8-10-22(11-9-20)35-21-6-4-3-5-7-21/h2-12,15,19H,1,13-14,16-18H2,(H2,28,29). The molecule has 2 aromatic carbocycles. The van der Waals surface area contributed by atoms with Gasteiger partial charge in [0.15, 0.2) is 0 Å². The summed E-state index contributed by atoms with van der Waals surface area (Å²) in [6.07, 6.45) is 4.63. The number of piperidine rings is 1. The number of benzene rings is 2. The van der Waals surface area contributed by atoms with Crippen LogP contribution in [0.4, 0.5) is 5.82 Å². The number of nitrogens with zero attached hydrogens (tertiary/aromatic N) is 4. The van der Waals surface area contributed by atoms with Crippen LogP contribution in [0, 0.1) is 5.92 Å². The zero-order chi connectivity index (χ0) is 24.4. The van der Waals surface area contributed by atoms with Gasteiger partial charge in [-0.2, -0.15) is 0 Å². The Kier molecular flexibility index (Phi) is 6.10. The largest absolute Gasteiger partial charge is 0.457 e. The maximum atomic E-state index is 13.6. The molecule has 1 aliphatic rings. The van der Waals surface area contributed by atoms with E-state index < -0.39 is 0 Å². The fourth-order valence-corrected chi connectivity index (χ4v) is 4.65. The smallest absolute Gasteiger partial charge is 0.333 e. The molecule has 2 aromatic heterocycles. The van der Waals surface area contributed by atoms with Crippen LogP contribution >= 0.6 is 0 Å². The number of nitrogens with two attached hydrogens (primary N) is 1. The molecule has 0 radical (unpaired) electrons. The predicted octanol–water partition coefficient (Wildman–Crippen LogP) is 3.99. The molecule has 0 atom stereocenters. The lowest BCUT2D eigenvalue weighted by Crippen LogP contribution is -2.39. The fourth-order valence-electron chi connectivity index (χ4n) is 4.65. The number of hydrogen-bond acceptors (Lipinski definition) is 5. The van der Waals surface area contributed by atoms with Gasteiger partial charge in [-0.05, 0) is 67.3 Å². The molecule has 5 rings (SSSR count).